The third kappa shape index (κ3) is 2.55. The summed E-state index contributed by atoms with van der Waals surface area (Å²) in [7, 11) is 0. The van der Waals surface area contributed by atoms with Gasteiger partial charge in [0.1, 0.15) is 11.4 Å². The van der Waals surface area contributed by atoms with E-state index in [9.17, 15) is 14.3 Å². The van der Waals surface area contributed by atoms with Crippen molar-refractivity contribution in [3.8, 4) is 5.69 Å². The standard InChI is InChI=1S/C16H17FN2O2/c1-2-3-13-14(16(20)21)15(10-4-5-10)18-19(13)12-8-6-11(17)7-9-12/h6-10H,2-5H2,1H3,(H,20,21). The van der Waals surface area contributed by atoms with Gasteiger partial charge in [0, 0.05) is 5.92 Å². The first-order chi connectivity index (χ1) is 10.1. The number of rotatable bonds is 5. The summed E-state index contributed by atoms with van der Waals surface area (Å²) < 4.78 is 14.7. The maximum atomic E-state index is 13.1. The van der Waals surface area contributed by atoms with E-state index in [0.29, 0.717) is 29.1 Å². The topological polar surface area (TPSA) is 55.1 Å². The molecular weight excluding hydrogens is 271 g/mol. The van der Waals surface area contributed by atoms with Gasteiger partial charge >= 0.3 is 5.97 Å². The molecule has 0 saturated heterocycles. The summed E-state index contributed by atoms with van der Waals surface area (Å²) in [4.78, 5) is 11.6. The van der Waals surface area contributed by atoms with Crippen molar-refractivity contribution in [1.82, 2.24) is 9.78 Å². The van der Waals surface area contributed by atoms with Crippen LogP contribution < -0.4 is 0 Å². The van der Waals surface area contributed by atoms with E-state index in [0.717, 1.165) is 19.3 Å². The van der Waals surface area contributed by atoms with Crippen molar-refractivity contribution < 1.29 is 14.3 Å². The average Bonchev–Trinajstić information content (AvgIpc) is 3.22. The molecule has 1 aliphatic carbocycles. The van der Waals surface area contributed by atoms with Crippen molar-refractivity contribution in [3.05, 3.63) is 47.0 Å². The maximum Gasteiger partial charge on any atom is 0.339 e. The van der Waals surface area contributed by atoms with Crippen molar-refractivity contribution >= 4 is 5.97 Å². The van der Waals surface area contributed by atoms with E-state index < -0.39 is 5.97 Å². The van der Waals surface area contributed by atoms with Crippen LogP contribution in [0, 0.1) is 5.82 Å². The molecule has 1 fully saturated rings. The first kappa shape index (κ1) is 13.8. The minimum atomic E-state index is -0.922. The predicted octanol–water partition coefficient (Wildman–Crippen LogP) is 3.54. The highest BCUT2D eigenvalue weighted by Crippen LogP contribution is 2.42. The second kappa shape index (κ2) is 5.31. The second-order valence-corrected chi connectivity index (χ2v) is 5.42. The molecule has 1 N–H and O–H groups in total. The Bertz CT molecular complexity index is 672. The van der Waals surface area contributed by atoms with Crippen LogP contribution in [0.15, 0.2) is 24.3 Å². The number of benzene rings is 1. The Morgan fingerprint density at radius 3 is 2.57 bits per heavy atom. The minimum absolute atomic E-state index is 0.258. The molecule has 0 spiro atoms. The number of hydrogen-bond donors (Lipinski definition) is 1. The Balaban J connectivity index is 2.16. The molecule has 21 heavy (non-hydrogen) atoms. The van der Waals surface area contributed by atoms with Gasteiger partial charge in [-0.2, -0.15) is 5.10 Å². The second-order valence-electron chi connectivity index (χ2n) is 5.42. The van der Waals surface area contributed by atoms with Crippen molar-refractivity contribution in [2.45, 2.75) is 38.5 Å². The smallest absolute Gasteiger partial charge is 0.339 e. The Labute approximate surface area is 122 Å². The molecule has 0 aliphatic heterocycles. The average molecular weight is 288 g/mol. The van der Waals surface area contributed by atoms with Gasteiger partial charge in [-0.15, -0.1) is 0 Å². The van der Waals surface area contributed by atoms with Crippen LogP contribution in [0.25, 0.3) is 5.69 Å². The first-order valence-electron chi connectivity index (χ1n) is 7.22. The molecule has 3 rings (SSSR count). The summed E-state index contributed by atoms with van der Waals surface area (Å²) in [5, 5.41) is 14.1. The quantitative estimate of drug-likeness (QED) is 0.915. The number of carbonyl (C=O) groups is 1. The third-order valence-corrected chi connectivity index (χ3v) is 3.74. The molecule has 1 aliphatic rings. The van der Waals surface area contributed by atoms with E-state index in [-0.39, 0.29) is 11.7 Å². The Morgan fingerprint density at radius 2 is 2.05 bits per heavy atom. The number of hydrogen-bond acceptors (Lipinski definition) is 2. The first-order valence-corrected chi connectivity index (χ1v) is 7.22. The van der Waals surface area contributed by atoms with Crippen molar-refractivity contribution in [2.24, 2.45) is 0 Å². The van der Waals surface area contributed by atoms with E-state index in [1.54, 1.807) is 16.8 Å². The molecule has 2 aromatic rings. The highest BCUT2D eigenvalue weighted by molar-refractivity contribution is 5.91. The summed E-state index contributed by atoms with van der Waals surface area (Å²) >= 11 is 0. The largest absolute Gasteiger partial charge is 0.478 e. The fourth-order valence-corrected chi connectivity index (χ4v) is 2.61. The number of carboxylic acid groups (broad SMARTS) is 1. The highest BCUT2D eigenvalue weighted by atomic mass is 19.1. The normalized spacial score (nSPS) is 14.4. The maximum absolute atomic E-state index is 13.1. The lowest BCUT2D eigenvalue weighted by atomic mass is 10.1. The molecule has 1 saturated carbocycles. The van der Waals surface area contributed by atoms with Gasteiger partial charge in [0.25, 0.3) is 0 Å². The van der Waals surface area contributed by atoms with Gasteiger partial charge in [-0.1, -0.05) is 13.3 Å². The van der Waals surface area contributed by atoms with Gasteiger partial charge in [-0.05, 0) is 43.5 Å². The summed E-state index contributed by atoms with van der Waals surface area (Å²) in [6.45, 7) is 2.00. The summed E-state index contributed by atoms with van der Waals surface area (Å²) in [6.07, 6.45) is 3.45. The predicted molar refractivity (Wildman–Crippen MR) is 76.5 cm³/mol. The van der Waals surface area contributed by atoms with Gasteiger partial charge in [-0.25, -0.2) is 13.9 Å². The number of carboxylic acids is 1. The lowest BCUT2D eigenvalue weighted by Crippen LogP contribution is -2.07. The van der Waals surface area contributed by atoms with Gasteiger partial charge < -0.3 is 5.11 Å². The molecule has 1 aromatic carbocycles. The molecule has 0 amide bonds. The molecule has 0 bridgehead atoms. The molecule has 0 unspecified atom stereocenters. The van der Waals surface area contributed by atoms with E-state index >= 15 is 0 Å². The van der Waals surface area contributed by atoms with E-state index in [1.807, 2.05) is 6.92 Å². The van der Waals surface area contributed by atoms with Crippen molar-refractivity contribution in [2.75, 3.05) is 0 Å². The Morgan fingerprint density at radius 1 is 1.38 bits per heavy atom. The van der Waals surface area contributed by atoms with Crippen LogP contribution in [0.3, 0.4) is 0 Å². The summed E-state index contributed by atoms with van der Waals surface area (Å²) in [5.74, 6) is -0.981. The van der Waals surface area contributed by atoms with E-state index in [2.05, 4.69) is 5.10 Å². The third-order valence-electron chi connectivity index (χ3n) is 3.74. The van der Waals surface area contributed by atoms with Crippen LogP contribution in [0.4, 0.5) is 4.39 Å². The van der Waals surface area contributed by atoms with Crippen molar-refractivity contribution in [1.29, 1.82) is 0 Å². The van der Waals surface area contributed by atoms with Gasteiger partial charge in [0.05, 0.1) is 17.1 Å². The van der Waals surface area contributed by atoms with Crippen LogP contribution in [0.1, 0.15) is 53.8 Å². The monoisotopic (exact) mass is 288 g/mol. The van der Waals surface area contributed by atoms with Gasteiger partial charge in [-0.3, -0.25) is 0 Å². The Hall–Kier alpha value is -2.17. The zero-order valence-corrected chi connectivity index (χ0v) is 11.8. The number of aromatic carboxylic acids is 1. The van der Waals surface area contributed by atoms with Gasteiger partial charge in [0.15, 0.2) is 0 Å². The molecule has 0 atom stereocenters. The molecule has 0 radical (unpaired) electrons. The lowest BCUT2D eigenvalue weighted by molar-refractivity contribution is 0.0694. The van der Waals surface area contributed by atoms with Crippen LogP contribution in [0.5, 0.6) is 0 Å². The molecule has 110 valence electrons. The number of nitrogens with zero attached hydrogens (tertiary/aromatic N) is 2. The molecule has 1 aromatic heterocycles. The van der Waals surface area contributed by atoms with Crippen LogP contribution in [-0.2, 0) is 6.42 Å². The van der Waals surface area contributed by atoms with Crippen LogP contribution >= 0.6 is 0 Å². The van der Waals surface area contributed by atoms with E-state index in [4.69, 9.17) is 0 Å². The van der Waals surface area contributed by atoms with Crippen LogP contribution in [-0.4, -0.2) is 20.9 Å². The summed E-state index contributed by atoms with van der Waals surface area (Å²) in [6, 6.07) is 5.99. The van der Waals surface area contributed by atoms with E-state index in [1.165, 1.54) is 12.1 Å². The highest BCUT2D eigenvalue weighted by Gasteiger charge is 2.34. The zero-order valence-electron chi connectivity index (χ0n) is 11.8. The molecule has 1 heterocycles. The molecule has 4 nitrogen and oxygen atoms in total. The fraction of sp³-hybridized carbons (Fsp3) is 0.375. The Kier molecular flexibility index (Phi) is 3.49. The van der Waals surface area contributed by atoms with Crippen molar-refractivity contribution in [3.63, 3.8) is 0 Å². The minimum Gasteiger partial charge on any atom is -0.478 e. The fourth-order valence-electron chi connectivity index (χ4n) is 2.61. The van der Waals surface area contributed by atoms with Crippen LogP contribution in [0.2, 0.25) is 0 Å². The molecule has 5 heteroatoms. The van der Waals surface area contributed by atoms with Gasteiger partial charge in [0.2, 0.25) is 0 Å². The lowest BCUT2D eigenvalue weighted by Gasteiger charge is -2.07. The number of halogens is 1. The molecular formula is C16H17FN2O2. The zero-order chi connectivity index (χ0) is 15.0. The SMILES string of the molecule is CCCc1c(C(=O)O)c(C2CC2)nn1-c1ccc(F)cc1. The number of aromatic nitrogens is 2. The summed E-state index contributed by atoms with van der Waals surface area (Å²) in [5.41, 5.74) is 2.42.